The second-order valence-corrected chi connectivity index (χ2v) is 11.0. The van der Waals surface area contributed by atoms with Crippen molar-refractivity contribution in [2.45, 2.75) is 31.6 Å². The molecule has 3 heterocycles. The normalized spacial score (nSPS) is 18.9. The van der Waals surface area contributed by atoms with Crippen molar-refractivity contribution in [3.63, 3.8) is 0 Å². The Morgan fingerprint density at radius 3 is 2.40 bits per heavy atom. The van der Waals surface area contributed by atoms with Crippen LogP contribution >= 0.6 is 11.6 Å². The van der Waals surface area contributed by atoms with E-state index < -0.39 is 24.5 Å². The van der Waals surface area contributed by atoms with Crippen LogP contribution in [0.15, 0.2) is 30.6 Å². The molecule has 3 aromatic rings. The second kappa shape index (κ2) is 12.0. The van der Waals surface area contributed by atoms with Crippen LogP contribution in [0.25, 0.3) is 11.3 Å². The fraction of sp³-hybridized carbons (Fsp3) is 0.444. The van der Waals surface area contributed by atoms with Gasteiger partial charge in [0.05, 0.1) is 34.6 Å². The van der Waals surface area contributed by atoms with Crippen LogP contribution in [0.5, 0.6) is 0 Å². The highest BCUT2D eigenvalue weighted by atomic mass is 35.5. The Labute approximate surface area is 248 Å². The molecule has 1 saturated heterocycles. The van der Waals surface area contributed by atoms with Crippen molar-refractivity contribution >= 4 is 35.0 Å². The number of nitrogens with zero attached hydrogens (tertiary/aromatic N) is 6. The SMILES string of the molecule is Cn1c(-c2cn(CCF)nc2C(F)(F)F)cnc1C(=O)Nc1ccc(C(=O)N2CCN(C(=O)[C@H]3C[C@H](N)C3)CC2)c(Cl)c1. The summed E-state index contributed by atoms with van der Waals surface area (Å²) in [5, 5.41) is 6.12. The lowest BCUT2D eigenvalue weighted by Crippen LogP contribution is -2.54. The molecule has 5 rings (SSSR count). The molecule has 0 atom stereocenters. The van der Waals surface area contributed by atoms with Gasteiger partial charge in [-0.1, -0.05) is 11.6 Å². The quantitative estimate of drug-likeness (QED) is 0.388. The molecule has 1 aliphatic heterocycles. The molecular weight excluding hydrogens is 596 g/mol. The predicted molar refractivity (Wildman–Crippen MR) is 148 cm³/mol. The third-order valence-corrected chi connectivity index (χ3v) is 7.98. The number of piperazine rings is 1. The summed E-state index contributed by atoms with van der Waals surface area (Å²) >= 11 is 6.40. The first-order chi connectivity index (χ1) is 20.4. The van der Waals surface area contributed by atoms with Crippen molar-refractivity contribution in [3.05, 3.63) is 52.7 Å². The summed E-state index contributed by atoms with van der Waals surface area (Å²) in [5.74, 6) is -1.23. The summed E-state index contributed by atoms with van der Waals surface area (Å²) in [6.45, 7) is 0.256. The molecule has 230 valence electrons. The summed E-state index contributed by atoms with van der Waals surface area (Å²) in [4.78, 5) is 46.0. The molecule has 1 aromatic carbocycles. The zero-order chi connectivity index (χ0) is 31.1. The van der Waals surface area contributed by atoms with Crippen LogP contribution in [0, 0.1) is 5.92 Å². The molecule has 0 radical (unpaired) electrons. The van der Waals surface area contributed by atoms with Crippen molar-refractivity contribution in [3.8, 4) is 11.3 Å². The van der Waals surface area contributed by atoms with Gasteiger partial charge in [0.25, 0.3) is 11.8 Å². The van der Waals surface area contributed by atoms with Gasteiger partial charge in [0.15, 0.2) is 11.5 Å². The van der Waals surface area contributed by atoms with E-state index in [4.69, 9.17) is 17.3 Å². The number of imidazole rings is 1. The lowest BCUT2D eigenvalue weighted by molar-refractivity contribution is -0.141. The molecule has 3 N–H and O–H groups in total. The second-order valence-electron chi connectivity index (χ2n) is 10.6. The number of nitrogens with one attached hydrogen (secondary N) is 1. The highest BCUT2D eigenvalue weighted by Crippen LogP contribution is 2.36. The fourth-order valence-electron chi connectivity index (χ4n) is 5.27. The van der Waals surface area contributed by atoms with Crippen LogP contribution < -0.4 is 11.1 Å². The van der Waals surface area contributed by atoms with Gasteiger partial charge in [-0.2, -0.15) is 18.3 Å². The minimum Gasteiger partial charge on any atom is -0.339 e. The van der Waals surface area contributed by atoms with E-state index in [0.717, 1.165) is 17.1 Å². The van der Waals surface area contributed by atoms with Gasteiger partial charge in [0.2, 0.25) is 5.91 Å². The van der Waals surface area contributed by atoms with Gasteiger partial charge in [0.1, 0.15) is 6.67 Å². The Balaban J connectivity index is 1.24. The van der Waals surface area contributed by atoms with Crippen LogP contribution in [0.4, 0.5) is 23.2 Å². The van der Waals surface area contributed by atoms with Crippen molar-refractivity contribution < 1.29 is 31.9 Å². The number of alkyl halides is 4. The summed E-state index contributed by atoms with van der Waals surface area (Å²) in [6.07, 6.45) is -1.29. The lowest BCUT2D eigenvalue weighted by Gasteiger charge is -2.40. The maximum Gasteiger partial charge on any atom is 0.435 e. The summed E-state index contributed by atoms with van der Waals surface area (Å²) in [7, 11) is 1.37. The van der Waals surface area contributed by atoms with Crippen molar-refractivity contribution in [2.24, 2.45) is 18.7 Å². The van der Waals surface area contributed by atoms with Crippen LogP contribution in [0.3, 0.4) is 0 Å². The molecule has 43 heavy (non-hydrogen) atoms. The molecule has 0 unspecified atom stereocenters. The van der Waals surface area contributed by atoms with E-state index in [2.05, 4.69) is 15.4 Å². The molecule has 1 aliphatic carbocycles. The number of nitrogens with two attached hydrogens (primary N) is 1. The molecule has 16 heteroatoms. The van der Waals surface area contributed by atoms with Crippen LogP contribution in [-0.2, 0) is 24.6 Å². The van der Waals surface area contributed by atoms with Crippen LogP contribution in [-0.4, -0.2) is 85.7 Å². The average molecular weight is 625 g/mol. The highest BCUT2D eigenvalue weighted by molar-refractivity contribution is 6.34. The third kappa shape index (κ3) is 6.22. The number of aryl methyl sites for hydroxylation is 1. The summed E-state index contributed by atoms with van der Waals surface area (Å²) < 4.78 is 55.5. The van der Waals surface area contributed by atoms with Gasteiger partial charge in [-0.15, -0.1) is 0 Å². The first kappa shape index (κ1) is 30.5. The topological polar surface area (TPSA) is 131 Å². The van der Waals surface area contributed by atoms with Crippen molar-refractivity contribution in [1.82, 2.24) is 29.1 Å². The molecule has 1 saturated carbocycles. The Morgan fingerprint density at radius 1 is 1.12 bits per heavy atom. The van der Waals surface area contributed by atoms with Crippen molar-refractivity contribution in [2.75, 3.05) is 38.2 Å². The first-order valence-corrected chi connectivity index (χ1v) is 13.9. The van der Waals surface area contributed by atoms with Gasteiger partial charge in [0, 0.05) is 57.1 Å². The number of amides is 3. The molecule has 11 nitrogen and oxygen atoms in total. The maximum absolute atomic E-state index is 13.6. The molecule has 2 fully saturated rings. The zero-order valence-electron chi connectivity index (χ0n) is 23.1. The van der Waals surface area contributed by atoms with Gasteiger partial charge >= 0.3 is 6.18 Å². The molecule has 2 aliphatic rings. The molecule has 3 amide bonds. The summed E-state index contributed by atoms with van der Waals surface area (Å²) in [5.41, 5.74) is 4.63. The minimum atomic E-state index is -4.81. The number of rotatable bonds is 7. The predicted octanol–water partition coefficient (Wildman–Crippen LogP) is 3.20. The summed E-state index contributed by atoms with van der Waals surface area (Å²) in [6, 6.07) is 4.40. The smallest absolute Gasteiger partial charge is 0.339 e. The number of hydrogen-bond acceptors (Lipinski definition) is 6. The zero-order valence-corrected chi connectivity index (χ0v) is 23.8. The third-order valence-electron chi connectivity index (χ3n) is 7.67. The number of carbonyl (C=O) groups excluding carboxylic acids is 3. The highest BCUT2D eigenvalue weighted by Gasteiger charge is 2.39. The van der Waals surface area contributed by atoms with E-state index in [1.165, 1.54) is 29.8 Å². The van der Waals surface area contributed by atoms with E-state index in [0.29, 0.717) is 39.0 Å². The Kier molecular flexibility index (Phi) is 8.47. The van der Waals surface area contributed by atoms with E-state index in [9.17, 15) is 31.9 Å². The molecule has 0 bridgehead atoms. The largest absolute Gasteiger partial charge is 0.435 e. The number of carbonyl (C=O) groups is 3. The number of anilines is 1. The van der Waals surface area contributed by atoms with Gasteiger partial charge in [-0.05, 0) is 31.0 Å². The van der Waals surface area contributed by atoms with E-state index >= 15 is 0 Å². The molecule has 2 aromatic heterocycles. The van der Waals surface area contributed by atoms with E-state index in [-0.39, 0.29) is 63.7 Å². The fourth-order valence-corrected chi connectivity index (χ4v) is 5.53. The monoisotopic (exact) mass is 624 g/mol. The van der Waals surface area contributed by atoms with E-state index in [1.54, 1.807) is 9.80 Å². The molecular formula is C27H29ClF4N8O3. The minimum absolute atomic E-state index is 0.0420. The Morgan fingerprint density at radius 2 is 1.79 bits per heavy atom. The molecule has 0 spiro atoms. The van der Waals surface area contributed by atoms with E-state index in [1.807, 2.05) is 0 Å². The van der Waals surface area contributed by atoms with Gasteiger partial charge in [-0.25, -0.2) is 9.37 Å². The standard InChI is InChI=1S/C27H29ClF4N8O3/c1-37-21(19-14-40(5-4-29)36-22(19)27(30,31)32)13-34-23(37)24(41)35-17-2-3-18(20(28)12-17)26(43)39-8-6-38(7-9-39)25(42)15-10-16(33)11-15/h2-3,12-16H,4-11,33H2,1H3,(H,35,41)/t15-,16-. The lowest BCUT2D eigenvalue weighted by atomic mass is 9.80. The number of aromatic nitrogens is 4. The average Bonchev–Trinajstić information content (AvgIpc) is 3.54. The first-order valence-electron chi connectivity index (χ1n) is 13.5. The van der Waals surface area contributed by atoms with Gasteiger partial charge in [-0.3, -0.25) is 19.1 Å². The Hall–Kier alpha value is -3.98. The van der Waals surface area contributed by atoms with Crippen molar-refractivity contribution in [1.29, 1.82) is 0 Å². The Bertz CT molecular complexity index is 1540. The van der Waals surface area contributed by atoms with Crippen LogP contribution in [0.1, 0.15) is 39.5 Å². The number of benzene rings is 1. The number of hydrogen-bond donors (Lipinski definition) is 2. The number of halogens is 5. The van der Waals surface area contributed by atoms with Gasteiger partial charge < -0.3 is 25.4 Å². The van der Waals surface area contributed by atoms with Crippen LogP contribution in [0.2, 0.25) is 5.02 Å². The maximum atomic E-state index is 13.6.